The highest BCUT2D eigenvalue weighted by molar-refractivity contribution is 7.09. The maximum Gasteiger partial charge on any atom is 0.321 e. The van der Waals surface area contributed by atoms with Crippen molar-refractivity contribution in [1.29, 1.82) is 0 Å². The molecule has 11 heteroatoms. The Morgan fingerprint density at radius 3 is 2.68 bits per heavy atom. The second kappa shape index (κ2) is 11.2. The highest BCUT2D eigenvalue weighted by Crippen LogP contribution is 2.19. The minimum atomic E-state index is -0.718. The number of amides is 3. The molecule has 0 radical (unpaired) electrons. The molecule has 0 aliphatic heterocycles. The van der Waals surface area contributed by atoms with Gasteiger partial charge in [0.2, 0.25) is 11.7 Å². The Labute approximate surface area is 186 Å². The number of urea groups is 1. The van der Waals surface area contributed by atoms with Gasteiger partial charge >= 0.3 is 12.0 Å². The first-order chi connectivity index (χ1) is 15.0. The van der Waals surface area contributed by atoms with Crippen LogP contribution in [-0.2, 0) is 27.2 Å². The summed E-state index contributed by atoms with van der Waals surface area (Å²) in [5.74, 6) is -0.703. The first-order valence-electron chi connectivity index (χ1n) is 9.34. The fourth-order valence-electron chi connectivity index (χ4n) is 2.46. The lowest BCUT2D eigenvalue weighted by Crippen LogP contribution is -2.42. The van der Waals surface area contributed by atoms with Crippen LogP contribution in [0.4, 0.5) is 4.79 Å². The summed E-state index contributed by atoms with van der Waals surface area (Å²) in [4.78, 5) is 40.5. The van der Waals surface area contributed by atoms with Crippen LogP contribution < -0.4 is 10.6 Å². The number of benzene rings is 1. The molecule has 0 atom stereocenters. The largest absolute Gasteiger partial charge is 0.456 e. The van der Waals surface area contributed by atoms with Gasteiger partial charge in [-0.3, -0.25) is 14.9 Å². The van der Waals surface area contributed by atoms with Crippen molar-refractivity contribution in [2.45, 2.75) is 19.3 Å². The van der Waals surface area contributed by atoms with Gasteiger partial charge in [-0.2, -0.15) is 4.98 Å². The number of rotatable bonds is 9. The zero-order chi connectivity index (χ0) is 22.1. The Kier molecular flexibility index (Phi) is 8.13. The van der Waals surface area contributed by atoms with Crippen LogP contribution in [0.25, 0.3) is 11.4 Å². The van der Waals surface area contributed by atoms with E-state index in [1.54, 1.807) is 35.6 Å². The van der Waals surface area contributed by atoms with E-state index in [9.17, 15) is 14.4 Å². The number of esters is 1. The molecule has 0 aliphatic carbocycles. The van der Waals surface area contributed by atoms with Crippen molar-refractivity contribution in [3.8, 4) is 11.4 Å². The van der Waals surface area contributed by atoms with Crippen molar-refractivity contribution in [2.75, 3.05) is 13.2 Å². The van der Waals surface area contributed by atoms with Crippen molar-refractivity contribution in [3.63, 3.8) is 0 Å². The molecule has 0 fully saturated rings. The third kappa shape index (κ3) is 7.50. The number of hydrogen-bond acceptors (Lipinski definition) is 8. The third-order valence-electron chi connectivity index (χ3n) is 3.97. The summed E-state index contributed by atoms with van der Waals surface area (Å²) in [5.41, 5.74) is 0.729. The van der Waals surface area contributed by atoms with Gasteiger partial charge in [0, 0.05) is 28.4 Å². The summed E-state index contributed by atoms with van der Waals surface area (Å²) >= 11 is 7.43. The lowest BCUT2D eigenvalue weighted by Gasteiger charge is -2.07. The van der Waals surface area contributed by atoms with Crippen molar-refractivity contribution in [1.82, 2.24) is 20.8 Å². The first-order valence-corrected chi connectivity index (χ1v) is 10.6. The van der Waals surface area contributed by atoms with Crippen molar-refractivity contribution >= 4 is 40.8 Å². The van der Waals surface area contributed by atoms with Crippen molar-refractivity contribution in [2.24, 2.45) is 0 Å². The Morgan fingerprint density at radius 1 is 1.13 bits per heavy atom. The minimum absolute atomic E-state index is 0.0530. The third-order valence-corrected chi connectivity index (χ3v) is 5.16. The Bertz CT molecular complexity index is 1020. The van der Waals surface area contributed by atoms with E-state index < -0.39 is 24.5 Å². The summed E-state index contributed by atoms with van der Waals surface area (Å²) in [6.45, 7) is -0.168. The fraction of sp³-hybridized carbons (Fsp3) is 0.250. The standard InChI is InChI=1S/C20H19ClN4O5S/c21-14-5-3-13(4-6-14)19-24-17(30-25-19)7-8-18(27)29-12-16(26)23-20(28)22-10-9-15-2-1-11-31-15/h1-6,11H,7-10,12H2,(H2,22,23,26,28). The predicted octanol–water partition coefficient (Wildman–Crippen LogP) is 3.00. The van der Waals surface area contributed by atoms with Gasteiger partial charge in [-0.25, -0.2) is 4.79 Å². The summed E-state index contributed by atoms with van der Waals surface area (Å²) in [5, 5.41) is 11.1. The van der Waals surface area contributed by atoms with Gasteiger partial charge in [0.1, 0.15) is 0 Å². The molecule has 0 bridgehead atoms. The van der Waals surface area contributed by atoms with Crippen LogP contribution >= 0.6 is 22.9 Å². The van der Waals surface area contributed by atoms with E-state index in [1.165, 1.54) is 0 Å². The number of nitrogens with zero attached hydrogens (tertiary/aromatic N) is 2. The van der Waals surface area contributed by atoms with Crippen molar-refractivity contribution in [3.05, 3.63) is 57.6 Å². The van der Waals surface area contributed by atoms with E-state index >= 15 is 0 Å². The molecule has 0 spiro atoms. The molecule has 162 valence electrons. The van der Waals surface area contributed by atoms with Gasteiger partial charge in [0.25, 0.3) is 5.91 Å². The average molecular weight is 463 g/mol. The molecule has 2 aromatic heterocycles. The van der Waals surface area contributed by atoms with Gasteiger partial charge in [0.15, 0.2) is 6.61 Å². The molecule has 0 aliphatic rings. The molecule has 0 saturated heterocycles. The monoisotopic (exact) mass is 462 g/mol. The predicted molar refractivity (Wildman–Crippen MR) is 114 cm³/mol. The van der Waals surface area contributed by atoms with Gasteiger partial charge in [-0.05, 0) is 42.1 Å². The molecule has 3 aromatic rings. The normalized spacial score (nSPS) is 10.5. The SMILES string of the molecule is O=C(COC(=O)CCc1nc(-c2ccc(Cl)cc2)no1)NC(=O)NCCc1cccs1. The number of imide groups is 1. The Morgan fingerprint density at radius 2 is 1.94 bits per heavy atom. The van der Waals surface area contributed by atoms with Crippen molar-refractivity contribution < 1.29 is 23.6 Å². The smallest absolute Gasteiger partial charge is 0.321 e. The fourth-order valence-corrected chi connectivity index (χ4v) is 3.30. The lowest BCUT2D eigenvalue weighted by atomic mass is 10.2. The highest BCUT2D eigenvalue weighted by Gasteiger charge is 2.14. The maximum atomic E-state index is 11.8. The van der Waals surface area contributed by atoms with E-state index in [4.69, 9.17) is 20.9 Å². The number of halogens is 1. The highest BCUT2D eigenvalue weighted by atomic mass is 35.5. The second-order valence-electron chi connectivity index (χ2n) is 6.31. The number of ether oxygens (including phenoxy) is 1. The number of thiophene rings is 1. The van der Waals surface area contributed by atoms with Crippen LogP contribution in [0.1, 0.15) is 17.2 Å². The second-order valence-corrected chi connectivity index (χ2v) is 7.78. The van der Waals surface area contributed by atoms with E-state index in [-0.39, 0.29) is 18.7 Å². The van der Waals surface area contributed by atoms with Crippen LogP contribution in [0.2, 0.25) is 5.02 Å². The van der Waals surface area contributed by atoms with Crippen LogP contribution in [0.15, 0.2) is 46.3 Å². The number of hydrogen-bond donors (Lipinski definition) is 2. The van der Waals surface area contributed by atoms with Gasteiger partial charge < -0.3 is 14.6 Å². The van der Waals surface area contributed by atoms with Crippen LogP contribution in [-0.4, -0.2) is 41.2 Å². The van der Waals surface area contributed by atoms with E-state index in [0.717, 1.165) is 10.4 Å². The molecule has 0 saturated carbocycles. The molecule has 31 heavy (non-hydrogen) atoms. The molecular formula is C20H19ClN4O5S. The number of aromatic nitrogens is 2. The number of aryl methyl sites for hydroxylation is 1. The number of nitrogens with one attached hydrogen (secondary N) is 2. The zero-order valence-corrected chi connectivity index (χ0v) is 17.9. The van der Waals surface area contributed by atoms with Crippen LogP contribution in [0, 0.1) is 0 Å². The quantitative estimate of drug-likeness (QED) is 0.468. The Balaban J connectivity index is 1.32. The minimum Gasteiger partial charge on any atom is -0.456 e. The van der Waals surface area contributed by atoms with E-state index in [0.29, 0.717) is 23.8 Å². The molecule has 3 rings (SSSR count). The van der Waals surface area contributed by atoms with Gasteiger partial charge in [0.05, 0.1) is 6.42 Å². The zero-order valence-electron chi connectivity index (χ0n) is 16.3. The Hall–Kier alpha value is -3.24. The molecule has 2 heterocycles. The first kappa shape index (κ1) is 22.4. The average Bonchev–Trinajstić information content (AvgIpc) is 3.43. The summed E-state index contributed by atoms with van der Waals surface area (Å²) in [6, 6.07) is 10.2. The number of carbonyl (C=O) groups is 3. The molecular weight excluding hydrogens is 444 g/mol. The topological polar surface area (TPSA) is 123 Å². The molecule has 0 unspecified atom stereocenters. The lowest BCUT2D eigenvalue weighted by molar-refractivity contribution is -0.148. The number of carbonyl (C=O) groups excluding carboxylic acids is 3. The summed E-state index contributed by atoms with van der Waals surface area (Å²) in [6.07, 6.45) is 0.774. The molecule has 1 aromatic carbocycles. The summed E-state index contributed by atoms with van der Waals surface area (Å²) < 4.78 is 9.97. The van der Waals surface area contributed by atoms with Gasteiger partial charge in [-0.1, -0.05) is 22.8 Å². The molecule has 3 amide bonds. The van der Waals surface area contributed by atoms with Gasteiger partial charge in [-0.15, -0.1) is 11.3 Å². The maximum absolute atomic E-state index is 11.8. The summed E-state index contributed by atoms with van der Waals surface area (Å²) in [7, 11) is 0. The molecule has 9 nitrogen and oxygen atoms in total. The molecule has 2 N–H and O–H groups in total. The van der Waals surface area contributed by atoms with E-state index in [2.05, 4.69) is 20.8 Å². The van der Waals surface area contributed by atoms with E-state index in [1.807, 2.05) is 17.5 Å². The van der Waals surface area contributed by atoms with Crippen LogP contribution in [0.3, 0.4) is 0 Å². The van der Waals surface area contributed by atoms with Crippen LogP contribution in [0.5, 0.6) is 0 Å².